The van der Waals surface area contributed by atoms with Crippen molar-refractivity contribution < 1.29 is 9.18 Å². The first-order valence-corrected chi connectivity index (χ1v) is 9.87. The van der Waals surface area contributed by atoms with Gasteiger partial charge in [0.15, 0.2) is 5.96 Å². The Bertz CT molecular complexity index is 759. The van der Waals surface area contributed by atoms with Crippen LogP contribution in [0.4, 0.5) is 4.39 Å². The van der Waals surface area contributed by atoms with E-state index in [4.69, 9.17) is 0 Å². The second-order valence-electron chi connectivity index (χ2n) is 6.05. The standard InChI is InChI=1S/C18H26FN5OS/c1-24(2)17(25)12-23-18(21-8-9-26-3)20-7-6-13-11-22-16-5-4-14(19)10-15(13)16/h4-5,10-11,22H,6-9,12H2,1-3H3,(H2,20,21,23). The Morgan fingerprint density at radius 1 is 1.31 bits per heavy atom. The summed E-state index contributed by atoms with van der Waals surface area (Å²) in [6.45, 7) is 1.49. The first-order chi connectivity index (χ1) is 12.5. The van der Waals surface area contributed by atoms with Crippen LogP contribution in [0.25, 0.3) is 10.9 Å². The highest BCUT2D eigenvalue weighted by atomic mass is 32.2. The lowest BCUT2D eigenvalue weighted by molar-refractivity contribution is -0.127. The Balaban J connectivity index is 1.95. The van der Waals surface area contributed by atoms with E-state index in [1.165, 1.54) is 11.0 Å². The van der Waals surface area contributed by atoms with Crippen LogP contribution in [0.2, 0.25) is 0 Å². The number of aliphatic imine (C=N–C) groups is 1. The number of benzene rings is 1. The molecule has 0 saturated heterocycles. The first-order valence-electron chi connectivity index (χ1n) is 8.48. The lowest BCUT2D eigenvalue weighted by atomic mass is 10.1. The van der Waals surface area contributed by atoms with Gasteiger partial charge in [-0.05, 0) is 36.4 Å². The third-order valence-electron chi connectivity index (χ3n) is 3.89. The summed E-state index contributed by atoms with van der Waals surface area (Å²) in [6, 6.07) is 4.73. The number of thioether (sulfide) groups is 1. The number of hydrogen-bond acceptors (Lipinski definition) is 3. The molecule has 0 unspecified atom stereocenters. The predicted octanol–water partition coefficient (Wildman–Crippen LogP) is 1.84. The normalized spacial score (nSPS) is 11.6. The summed E-state index contributed by atoms with van der Waals surface area (Å²) in [4.78, 5) is 20.7. The van der Waals surface area contributed by atoms with Gasteiger partial charge in [-0.1, -0.05) is 0 Å². The zero-order valence-corrected chi connectivity index (χ0v) is 16.3. The number of rotatable bonds is 8. The van der Waals surface area contributed by atoms with Gasteiger partial charge in [-0.15, -0.1) is 0 Å². The molecule has 0 radical (unpaired) electrons. The topological polar surface area (TPSA) is 72.5 Å². The highest BCUT2D eigenvalue weighted by Crippen LogP contribution is 2.19. The third-order valence-corrected chi connectivity index (χ3v) is 4.50. The molecule has 3 N–H and O–H groups in total. The number of aromatic amines is 1. The molecule has 0 atom stereocenters. The summed E-state index contributed by atoms with van der Waals surface area (Å²) >= 11 is 1.74. The molecule has 0 aliphatic heterocycles. The number of carbonyl (C=O) groups excluding carboxylic acids is 1. The maximum Gasteiger partial charge on any atom is 0.243 e. The van der Waals surface area contributed by atoms with Crippen molar-refractivity contribution in [3.05, 3.63) is 35.8 Å². The second-order valence-corrected chi connectivity index (χ2v) is 7.04. The minimum absolute atomic E-state index is 0.0527. The van der Waals surface area contributed by atoms with Crippen molar-refractivity contribution in [2.45, 2.75) is 6.42 Å². The highest BCUT2D eigenvalue weighted by molar-refractivity contribution is 7.98. The van der Waals surface area contributed by atoms with Crippen LogP contribution < -0.4 is 10.6 Å². The molecule has 0 aliphatic rings. The number of guanidine groups is 1. The van der Waals surface area contributed by atoms with Gasteiger partial charge < -0.3 is 20.5 Å². The number of fused-ring (bicyclic) bond motifs is 1. The third kappa shape index (κ3) is 5.94. The Morgan fingerprint density at radius 2 is 2.08 bits per heavy atom. The predicted molar refractivity (Wildman–Crippen MR) is 107 cm³/mol. The molecule has 1 aromatic heterocycles. The van der Waals surface area contributed by atoms with Crippen LogP contribution in [0.15, 0.2) is 29.4 Å². The average molecular weight is 380 g/mol. The van der Waals surface area contributed by atoms with Gasteiger partial charge in [0.05, 0.1) is 0 Å². The van der Waals surface area contributed by atoms with Crippen molar-refractivity contribution >= 4 is 34.5 Å². The van der Waals surface area contributed by atoms with Crippen LogP contribution in [-0.2, 0) is 11.2 Å². The average Bonchev–Trinajstić information content (AvgIpc) is 3.01. The molecule has 0 fully saturated rings. The zero-order valence-electron chi connectivity index (χ0n) is 15.4. The van der Waals surface area contributed by atoms with Gasteiger partial charge in [-0.3, -0.25) is 4.79 Å². The number of nitrogens with zero attached hydrogens (tertiary/aromatic N) is 2. The number of halogens is 1. The number of hydrogen-bond donors (Lipinski definition) is 3. The van der Waals surface area contributed by atoms with Crippen LogP contribution in [0.1, 0.15) is 5.56 Å². The van der Waals surface area contributed by atoms with E-state index >= 15 is 0 Å². The molecular weight excluding hydrogens is 353 g/mol. The fraction of sp³-hybridized carbons (Fsp3) is 0.444. The quantitative estimate of drug-likeness (QED) is 0.372. The molecule has 0 spiro atoms. The van der Waals surface area contributed by atoms with E-state index in [0.717, 1.165) is 28.8 Å². The summed E-state index contributed by atoms with van der Waals surface area (Å²) < 4.78 is 13.5. The maximum atomic E-state index is 13.5. The van der Waals surface area contributed by atoms with Gasteiger partial charge in [-0.25, -0.2) is 9.38 Å². The molecule has 0 bridgehead atoms. The Morgan fingerprint density at radius 3 is 2.81 bits per heavy atom. The monoisotopic (exact) mass is 379 g/mol. The number of amides is 1. The lowest BCUT2D eigenvalue weighted by Crippen LogP contribution is -2.40. The Labute approximate surface area is 157 Å². The SMILES string of the molecule is CSCCNC(=NCC(=O)N(C)C)NCCc1c[nH]c2ccc(F)cc12. The van der Waals surface area contributed by atoms with Gasteiger partial charge in [-0.2, -0.15) is 11.8 Å². The van der Waals surface area contributed by atoms with E-state index in [-0.39, 0.29) is 18.3 Å². The molecule has 0 saturated carbocycles. The van der Waals surface area contributed by atoms with Crippen LogP contribution in [0.3, 0.4) is 0 Å². The van der Waals surface area contributed by atoms with Crippen molar-refractivity contribution in [3.63, 3.8) is 0 Å². The molecule has 8 heteroatoms. The van der Waals surface area contributed by atoms with Gasteiger partial charge >= 0.3 is 0 Å². The molecule has 1 heterocycles. The van der Waals surface area contributed by atoms with Crippen molar-refractivity contribution in [2.75, 3.05) is 45.7 Å². The molecule has 1 amide bonds. The van der Waals surface area contributed by atoms with Gasteiger partial charge in [0, 0.05) is 50.0 Å². The van der Waals surface area contributed by atoms with Gasteiger partial charge in [0.1, 0.15) is 12.4 Å². The minimum atomic E-state index is -0.241. The van der Waals surface area contributed by atoms with Crippen LogP contribution in [-0.4, -0.2) is 67.5 Å². The van der Waals surface area contributed by atoms with Crippen LogP contribution >= 0.6 is 11.8 Å². The Hall–Kier alpha value is -2.22. The highest BCUT2D eigenvalue weighted by Gasteiger charge is 2.07. The number of likely N-dealkylation sites (N-methyl/N-ethyl adjacent to an activating group) is 1. The smallest absolute Gasteiger partial charge is 0.243 e. The van der Waals surface area contributed by atoms with Gasteiger partial charge in [0.2, 0.25) is 5.91 Å². The molecule has 142 valence electrons. The van der Waals surface area contributed by atoms with Crippen molar-refractivity contribution in [1.29, 1.82) is 0 Å². The summed E-state index contributed by atoms with van der Waals surface area (Å²) in [5, 5.41) is 7.35. The largest absolute Gasteiger partial charge is 0.361 e. The molecule has 1 aromatic carbocycles. The lowest BCUT2D eigenvalue weighted by Gasteiger charge is -2.13. The summed E-state index contributed by atoms with van der Waals surface area (Å²) in [7, 11) is 3.42. The number of carbonyl (C=O) groups is 1. The fourth-order valence-electron chi connectivity index (χ4n) is 2.41. The van der Waals surface area contributed by atoms with Crippen LogP contribution in [0, 0.1) is 5.82 Å². The van der Waals surface area contributed by atoms with Gasteiger partial charge in [0.25, 0.3) is 0 Å². The number of aromatic nitrogens is 1. The molecule has 2 aromatic rings. The molecule has 6 nitrogen and oxygen atoms in total. The summed E-state index contributed by atoms with van der Waals surface area (Å²) in [6.07, 6.45) is 4.66. The van der Waals surface area contributed by atoms with E-state index in [1.54, 1.807) is 38.0 Å². The van der Waals surface area contributed by atoms with E-state index in [0.29, 0.717) is 18.9 Å². The molecule has 26 heavy (non-hydrogen) atoms. The van der Waals surface area contributed by atoms with Crippen molar-refractivity contribution in [3.8, 4) is 0 Å². The van der Waals surface area contributed by atoms with E-state index in [2.05, 4.69) is 20.6 Å². The van der Waals surface area contributed by atoms with Crippen molar-refractivity contribution in [2.24, 2.45) is 4.99 Å². The molecule has 0 aliphatic carbocycles. The second kappa shape index (κ2) is 10.1. The van der Waals surface area contributed by atoms with E-state index in [9.17, 15) is 9.18 Å². The zero-order chi connectivity index (χ0) is 18.9. The summed E-state index contributed by atoms with van der Waals surface area (Å²) in [5.74, 6) is 1.27. The summed E-state index contributed by atoms with van der Waals surface area (Å²) in [5.41, 5.74) is 1.96. The molecule has 2 rings (SSSR count). The van der Waals surface area contributed by atoms with Crippen molar-refractivity contribution in [1.82, 2.24) is 20.5 Å². The number of nitrogens with one attached hydrogen (secondary N) is 3. The van der Waals surface area contributed by atoms with E-state index < -0.39 is 0 Å². The Kier molecular flexibility index (Phi) is 7.77. The minimum Gasteiger partial charge on any atom is -0.361 e. The maximum absolute atomic E-state index is 13.5. The van der Waals surface area contributed by atoms with E-state index in [1.807, 2.05) is 12.5 Å². The number of H-pyrrole nitrogens is 1. The first kappa shape index (κ1) is 20.1. The fourth-order valence-corrected chi connectivity index (χ4v) is 2.71. The van der Waals surface area contributed by atoms with Crippen LogP contribution in [0.5, 0.6) is 0 Å². The molecular formula is C18H26FN5OS.